The fraction of sp³-hybridized carbons (Fsp3) is 0.929. The van der Waals surface area contributed by atoms with Crippen LogP contribution in [0.5, 0.6) is 0 Å². The van der Waals surface area contributed by atoms with Crippen LogP contribution in [-0.4, -0.2) is 24.3 Å². The Labute approximate surface area is 104 Å². The van der Waals surface area contributed by atoms with Crippen molar-refractivity contribution in [3.63, 3.8) is 0 Å². The van der Waals surface area contributed by atoms with Gasteiger partial charge in [-0.25, -0.2) is 4.79 Å². The van der Waals surface area contributed by atoms with Gasteiger partial charge in [0.2, 0.25) is 0 Å². The first-order valence-corrected chi connectivity index (χ1v) is 7.06. The second kappa shape index (κ2) is 5.38. The van der Waals surface area contributed by atoms with Crippen LogP contribution in [0.15, 0.2) is 0 Å². The Bertz CT molecular complexity index is 277. The number of esters is 1. The maximum absolute atomic E-state index is 11.7. The van der Waals surface area contributed by atoms with Gasteiger partial charge in [0, 0.05) is 0 Å². The fourth-order valence-electron chi connectivity index (χ4n) is 3.17. The van der Waals surface area contributed by atoms with Gasteiger partial charge in [-0.15, -0.1) is 0 Å². The summed E-state index contributed by atoms with van der Waals surface area (Å²) in [6.07, 6.45) is 8.11. The van der Waals surface area contributed by atoms with E-state index < -0.39 is 0 Å². The largest absolute Gasteiger partial charge is 0.464 e. The van der Waals surface area contributed by atoms with E-state index >= 15 is 0 Å². The van der Waals surface area contributed by atoms with E-state index in [4.69, 9.17) is 9.47 Å². The van der Waals surface area contributed by atoms with E-state index in [1.165, 1.54) is 32.1 Å². The summed E-state index contributed by atoms with van der Waals surface area (Å²) in [5, 5.41) is 0. The van der Waals surface area contributed by atoms with Crippen LogP contribution in [-0.2, 0) is 14.3 Å². The molecule has 1 spiro atoms. The highest BCUT2D eigenvalue weighted by molar-refractivity contribution is 5.79. The second-order valence-corrected chi connectivity index (χ2v) is 5.40. The third-order valence-corrected chi connectivity index (χ3v) is 4.16. The SMILES string of the molecule is CCCC1CCCC2(CC1)OC2C(=O)OCC. The standard InChI is InChI=1S/C14H24O3/c1-3-6-11-7-5-9-14(10-8-11)12(17-14)13(15)16-4-2/h11-12H,3-10H2,1-2H3. The Morgan fingerprint density at radius 3 is 2.88 bits per heavy atom. The molecule has 1 aliphatic carbocycles. The van der Waals surface area contributed by atoms with Crippen LogP contribution < -0.4 is 0 Å². The average Bonchev–Trinajstić information content (AvgIpc) is 3.05. The lowest BCUT2D eigenvalue weighted by atomic mass is 9.93. The van der Waals surface area contributed by atoms with E-state index in [-0.39, 0.29) is 17.7 Å². The van der Waals surface area contributed by atoms with Crippen molar-refractivity contribution in [3.05, 3.63) is 0 Å². The van der Waals surface area contributed by atoms with Gasteiger partial charge in [-0.3, -0.25) is 0 Å². The quantitative estimate of drug-likeness (QED) is 0.560. The first kappa shape index (κ1) is 12.9. The smallest absolute Gasteiger partial charge is 0.338 e. The maximum Gasteiger partial charge on any atom is 0.338 e. The van der Waals surface area contributed by atoms with Crippen LogP contribution in [0, 0.1) is 5.92 Å². The number of rotatable bonds is 4. The van der Waals surface area contributed by atoms with Crippen molar-refractivity contribution < 1.29 is 14.3 Å². The highest BCUT2D eigenvalue weighted by atomic mass is 16.7. The molecule has 1 saturated heterocycles. The van der Waals surface area contributed by atoms with Crippen LogP contribution in [0.2, 0.25) is 0 Å². The molecule has 2 aliphatic rings. The topological polar surface area (TPSA) is 38.8 Å². The van der Waals surface area contributed by atoms with Crippen LogP contribution in [0.4, 0.5) is 0 Å². The van der Waals surface area contributed by atoms with Gasteiger partial charge in [0.15, 0.2) is 6.10 Å². The van der Waals surface area contributed by atoms with Crippen molar-refractivity contribution >= 4 is 5.97 Å². The van der Waals surface area contributed by atoms with E-state index in [9.17, 15) is 4.79 Å². The lowest BCUT2D eigenvalue weighted by Gasteiger charge is -2.12. The zero-order valence-electron chi connectivity index (χ0n) is 11.0. The molecule has 0 radical (unpaired) electrons. The molecular weight excluding hydrogens is 216 g/mol. The van der Waals surface area contributed by atoms with Crippen LogP contribution >= 0.6 is 0 Å². The van der Waals surface area contributed by atoms with Gasteiger partial charge in [0.1, 0.15) is 5.60 Å². The van der Waals surface area contributed by atoms with E-state index in [1.54, 1.807) is 0 Å². The normalized spacial score (nSPS) is 36.6. The molecule has 0 N–H and O–H groups in total. The molecule has 3 heteroatoms. The highest BCUT2D eigenvalue weighted by Crippen LogP contribution is 2.49. The molecule has 0 aromatic rings. The summed E-state index contributed by atoms with van der Waals surface area (Å²) in [5.74, 6) is 0.688. The van der Waals surface area contributed by atoms with Crippen LogP contribution in [0.1, 0.15) is 58.8 Å². The molecule has 2 rings (SSSR count). The van der Waals surface area contributed by atoms with Gasteiger partial charge in [-0.05, 0) is 32.1 Å². The highest BCUT2D eigenvalue weighted by Gasteiger charge is 2.61. The van der Waals surface area contributed by atoms with Crippen molar-refractivity contribution in [2.45, 2.75) is 70.5 Å². The molecule has 3 nitrogen and oxygen atoms in total. The van der Waals surface area contributed by atoms with Gasteiger partial charge < -0.3 is 9.47 Å². The summed E-state index contributed by atoms with van der Waals surface area (Å²) in [6, 6.07) is 0. The molecular formula is C14H24O3. The van der Waals surface area contributed by atoms with Crippen LogP contribution in [0.3, 0.4) is 0 Å². The van der Waals surface area contributed by atoms with Crippen LogP contribution in [0.25, 0.3) is 0 Å². The molecule has 1 heterocycles. The second-order valence-electron chi connectivity index (χ2n) is 5.40. The lowest BCUT2D eigenvalue weighted by Crippen LogP contribution is -2.22. The number of carbonyl (C=O) groups is 1. The Morgan fingerprint density at radius 1 is 1.35 bits per heavy atom. The van der Waals surface area contributed by atoms with E-state index in [0.717, 1.165) is 18.8 Å². The fourth-order valence-corrected chi connectivity index (χ4v) is 3.17. The summed E-state index contributed by atoms with van der Waals surface area (Å²) in [7, 11) is 0. The molecule has 98 valence electrons. The number of hydrogen-bond acceptors (Lipinski definition) is 3. The third kappa shape index (κ3) is 2.82. The van der Waals surface area contributed by atoms with E-state index in [2.05, 4.69) is 6.92 Å². The first-order valence-electron chi connectivity index (χ1n) is 7.06. The summed E-state index contributed by atoms with van der Waals surface area (Å²) in [4.78, 5) is 11.7. The monoisotopic (exact) mass is 240 g/mol. The average molecular weight is 240 g/mol. The van der Waals surface area contributed by atoms with Gasteiger partial charge in [-0.1, -0.05) is 32.6 Å². The summed E-state index contributed by atoms with van der Waals surface area (Å²) >= 11 is 0. The van der Waals surface area contributed by atoms with Gasteiger partial charge in [-0.2, -0.15) is 0 Å². The molecule has 0 amide bonds. The van der Waals surface area contributed by atoms with E-state index in [1.807, 2.05) is 6.92 Å². The van der Waals surface area contributed by atoms with Gasteiger partial charge >= 0.3 is 5.97 Å². The van der Waals surface area contributed by atoms with E-state index in [0.29, 0.717) is 6.61 Å². The molecule has 1 aliphatic heterocycles. The molecule has 17 heavy (non-hydrogen) atoms. The summed E-state index contributed by atoms with van der Waals surface area (Å²) in [5.41, 5.74) is -0.144. The lowest BCUT2D eigenvalue weighted by molar-refractivity contribution is -0.144. The van der Waals surface area contributed by atoms with Crippen molar-refractivity contribution in [3.8, 4) is 0 Å². The van der Waals surface area contributed by atoms with Crippen molar-refractivity contribution in [2.24, 2.45) is 5.92 Å². The van der Waals surface area contributed by atoms with Gasteiger partial charge in [0.25, 0.3) is 0 Å². The Balaban J connectivity index is 1.85. The molecule has 0 bridgehead atoms. The molecule has 1 saturated carbocycles. The Morgan fingerprint density at radius 2 is 2.18 bits per heavy atom. The molecule has 3 unspecified atom stereocenters. The number of hydrogen-bond donors (Lipinski definition) is 0. The predicted molar refractivity (Wildman–Crippen MR) is 65.7 cm³/mol. The van der Waals surface area contributed by atoms with Gasteiger partial charge in [0.05, 0.1) is 6.61 Å². The van der Waals surface area contributed by atoms with Crippen molar-refractivity contribution in [1.29, 1.82) is 0 Å². The minimum atomic E-state index is -0.261. The predicted octanol–water partition coefficient (Wildman–Crippen LogP) is 3.07. The first-order chi connectivity index (χ1) is 8.22. The maximum atomic E-state index is 11.7. The van der Waals surface area contributed by atoms with Crippen molar-refractivity contribution in [2.75, 3.05) is 6.61 Å². The molecule has 0 aromatic heterocycles. The molecule has 3 atom stereocenters. The zero-order chi connectivity index (χ0) is 12.3. The number of epoxide rings is 1. The minimum absolute atomic E-state index is 0.144. The van der Waals surface area contributed by atoms with Crippen molar-refractivity contribution in [1.82, 2.24) is 0 Å². The Hall–Kier alpha value is -0.570. The molecule has 0 aromatic carbocycles. The number of carbonyl (C=O) groups excluding carboxylic acids is 1. The summed E-state index contributed by atoms with van der Waals surface area (Å²) in [6.45, 7) is 4.54. The third-order valence-electron chi connectivity index (χ3n) is 4.16. The Kier molecular flexibility index (Phi) is 4.08. The molecule has 2 fully saturated rings. The zero-order valence-corrected chi connectivity index (χ0v) is 11.0. The minimum Gasteiger partial charge on any atom is -0.464 e. The summed E-state index contributed by atoms with van der Waals surface area (Å²) < 4.78 is 10.7. The number of ether oxygens (including phenoxy) is 2.